The van der Waals surface area contributed by atoms with Crippen molar-refractivity contribution in [2.75, 3.05) is 19.7 Å². The molecular formula is C42H83NO5. The van der Waals surface area contributed by atoms with Crippen molar-refractivity contribution in [1.29, 1.82) is 0 Å². The summed E-state index contributed by atoms with van der Waals surface area (Å²) in [7, 11) is 0. The van der Waals surface area contributed by atoms with Gasteiger partial charge in [0, 0.05) is 18.9 Å². The lowest BCUT2D eigenvalue weighted by molar-refractivity contribution is -0.151. The molecule has 0 aliphatic heterocycles. The second-order valence-electron chi connectivity index (χ2n) is 14.7. The van der Waals surface area contributed by atoms with Gasteiger partial charge in [0.2, 0.25) is 0 Å². The summed E-state index contributed by atoms with van der Waals surface area (Å²) in [4.78, 5) is 27.4. The van der Waals surface area contributed by atoms with Gasteiger partial charge in [-0.2, -0.15) is 0 Å². The first-order valence-electron chi connectivity index (χ1n) is 21.1. The summed E-state index contributed by atoms with van der Waals surface area (Å²) >= 11 is 0. The number of aliphatic hydroxyl groups is 1. The first-order chi connectivity index (χ1) is 23.4. The van der Waals surface area contributed by atoms with E-state index in [-0.39, 0.29) is 36.8 Å². The van der Waals surface area contributed by atoms with Crippen LogP contribution in [-0.2, 0) is 19.1 Å². The normalized spacial score (nSPS) is 13.5. The third kappa shape index (κ3) is 29.7. The maximum absolute atomic E-state index is 12.5. The summed E-state index contributed by atoms with van der Waals surface area (Å²) in [6.07, 6.45) is 32.0. The zero-order valence-electron chi connectivity index (χ0n) is 32.9. The second-order valence-corrected chi connectivity index (χ2v) is 14.7. The van der Waals surface area contributed by atoms with Gasteiger partial charge in [-0.15, -0.1) is 0 Å². The molecule has 0 spiro atoms. The van der Waals surface area contributed by atoms with Crippen molar-refractivity contribution in [1.82, 2.24) is 4.90 Å². The highest BCUT2D eigenvalue weighted by Gasteiger charge is 2.16. The molecule has 0 fully saturated rings. The molecule has 0 heterocycles. The van der Waals surface area contributed by atoms with Crippen molar-refractivity contribution in [3.05, 3.63) is 0 Å². The number of hydrogen-bond donors (Lipinski definition) is 1. The van der Waals surface area contributed by atoms with Crippen molar-refractivity contribution in [2.24, 2.45) is 0 Å². The number of ether oxygens (including phenoxy) is 2. The quantitative estimate of drug-likeness (QED) is 0.0519. The number of hydrogen-bond acceptors (Lipinski definition) is 6. The first-order valence-corrected chi connectivity index (χ1v) is 21.1. The Bertz CT molecular complexity index is 702. The van der Waals surface area contributed by atoms with Crippen LogP contribution < -0.4 is 0 Å². The van der Waals surface area contributed by atoms with E-state index in [2.05, 4.69) is 39.5 Å². The number of aliphatic hydroxyl groups excluding tert-OH is 1. The Morgan fingerprint density at radius 3 is 1.29 bits per heavy atom. The summed E-state index contributed by atoms with van der Waals surface area (Å²) in [5, 5.41) is 9.80. The molecule has 0 bridgehead atoms. The largest absolute Gasteiger partial charge is 0.462 e. The first kappa shape index (κ1) is 46.9. The number of unbranched alkanes of at least 4 members (excludes halogenated alkanes) is 17. The van der Waals surface area contributed by atoms with Crippen LogP contribution in [0, 0.1) is 0 Å². The molecule has 0 radical (unpaired) electrons. The van der Waals surface area contributed by atoms with E-state index in [9.17, 15) is 14.7 Å². The summed E-state index contributed by atoms with van der Waals surface area (Å²) in [6, 6.07) is 0.185. The zero-order valence-corrected chi connectivity index (χ0v) is 32.9. The van der Waals surface area contributed by atoms with Gasteiger partial charge in [-0.25, -0.2) is 0 Å². The van der Waals surface area contributed by atoms with Crippen molar-refractivity contribution in [2.45, 2.75) is 239 Å². The Kier molecular flexibility index (Phi) is 34.8. The van der Waals surface area contributed by atoms with Gasteiger partial charge in [0.15, 0.2) is 0 Å². The third-order valence-electron chi connectivity index (χ3n) is 9.89. The van der Waals surface area contributed by atoms with Gasteiger partial charge in [-0.05, 0) is 90.6 Å². The van der Waals surface area contributed by atoms with Crippen LogP contribution in [0.25, 0.3) is 0 Å². The molecule has 3 atom stereocenters. The van der Waals surface area contributed by atoms with E-state index in [4.69, 9.17) is 9.47 Å². The topological polar surface area (TPSA) is 76.1 Å². The molecule has 6 heteroatoms. The second kappa shape index (κ2) is 35.7. The zero-order chi connectivity index (χ0) is 35.5. The summed E-state index contributed by atoms with van der Waals surface area (Å²) in [6.45, 7) is 13.2. The smallest absolute Gasteiger partial charge is 0.306 e. The molecular weight excluding hydrogens is 598 g/mol. The van der Waals surface area contributed by atoms with Crippen molar-refractivity contribution < 1.29 is 24.2 Å². The highest BCUT2D eigenvalue weighted by atomic mass is 16.5. The molecule has 0 aliphatic rings. The van der Waals surface area contributed by atoms with E-state index in [1.807, 2.05) is 0 Å². The minimum Gasteiger partial charge on any atom is -0.462 e. The SMILES string of the molecule is CCCCCCCC(CCC)OC(=O)CCCCCCCN(CCCCCCCC(=O)OC(CCCCC)CCCCCC)C(C)CO. The maximum atomic E-state index is 12.5. The molecule has 0 aromatic heterocycles. The monoisotopic (exact) mass is 682 g/mol. The molecule has 0 saturated heterocycles. The number of nitrogens with zero attached hydrogens (tertiary/aromatic N) is 1. The minimum atomic E-state index is -0.00973. The molecule has 6 nitrogen and oxygen atoms in total. The number of carbonyl (C=O) groups is 2. The van der Waals surface area contributed by atoms with Gasteiger partial charge in [0.05, 0.1) is 6.61 Å². The maximum Gasteiger partial charge on any atom is 0.306 e. The fourth-order valence-electron chi connectivity index (χ4n) is 6.63. The highest BCUT2D eigenvalue weighted by Crippen LogP contribution is 2.18. The van der Waals surface area contributed by atoms with Gasteiger partial charge in [-0.3, -0.25) is 14.5 Å². The van der Waals surface area contributed by atoms with E-state index < -0.39 is 0 Å². The van der Waals surface area contributed by atoms with Crippen LogP contribution in [0.2, 0.25) is 0 Å². The van der Waals surface area contributed by atoms with Crippen LogP contribution in [0.5, 0.6) is 0 Å². The van der Waals surface area contributed by atoms with Crippen LogP contribution in [0.3, 0.4) is 0 Å². The van der Waals surface area contributed by atoms with Crippen LogP contribution in [-0.4, -0.2) is 59.9 Å². The minimum absolute atomic E-state index is 0.000945. The number of esters is 2. The van der Waals surface area contributed by atoms with Gasteiger partial charge in [0.25, 0.3) is 0 Å². The molecule has 0 aromatic rings. The van der Waals surface area contributed by atoms with Crippen LogP contribution in [0.4, 0.5) is 0 Å². The van der Waals surface area contributed by atoms with Crippen molar-refractivity contribution in [3.63, 3.8) is 0 Å². The van der Waals surface area contributed by atoms with Crippen molar-refractivity contribution in [3.8, 4) is 0 Å². The van der Waals surface area contributed by atoms with E-state index >= 15 is 0 Å². The predicted octanol–water partition coefficient (Wildman–Crippen LogP) is 11.9. The Hall–Kier alpha value is -1.14. The van der Waals surface area contributed by atoms with Crippen LogP contribution >= 0.6 is 0 Å². The summed E-state index contributed by atoms with van der Waals surface area (Å²) in [5.41, 5.74) is 0. The lowest BCUT2D eigenvalue weighted by Gasteiger charge is -2.27. The van der Waals surface area contributed by atoms with Gasteiger partial charge in [-0.1, -0.05) is 130 Å². The van der Waals surface area contributed by atoms with Crippen LogP contribution in [0.1, 0.15) is 221 Å². The molecule has 0 amide bonds. The van der Waals surface area contributed by atoms with Gasteiger partial charge >= 0.3 is 11.9 Å². The molecule has 1 N–H and O–H groups in total. The summed E-state index contributed by atoms with van der Waals surface area (Å²) in [5.74, 6) is -0.0107. The Labute approximate surface area is 299 Å². The molecule has 0 rings (SSSR count). The standard InChI is InChI=1S/C42H83NO5/c1-6-10-13-17-24-31-39(29-9-4)47-41(45)33-25-18-15-20-27-35-43(38(5)37-44)36-28-21-16-19-26-34-42(46)48-40(30-22-12-8-3)32-23-14-11-7-2/h38-40,44H,6-37H2,1-5H3. The number of carbonyl (C=O) groups excluding carboxylic acids is 2. The Balaban J connectivity index is 4.09. The Morgan fingerprint density at radius 1 is 0.479 bits per heavy atom. The lowest BCUT2D eigenvalue weighted by Crippen LogP contribution is -2.37. The fraction of sp³-hybridized carbons (Fsp3) is 0.952. The fourth-order valence-corrected chi connectivity index (χ4v) is 6.63. The molecule has 0 saturated carbocycles. The predicted molar refractivity (Wildman–Crippen MR) is 204 cm³/mol. The van der Waals surface area contributed by atoms with E-state index in [1.54, 1.807) is 0 Å². The molecule has 0 aliphatic carbocycles. The van der Waals surface area contributed by atoms with Crippen LogP contribution in [0.15, 0.2) is 0 Å². The lowest BCUT2D eigenvalue weighted by atomic mass is 10.0. The van der Waals surface area contributed by atoms with E-state index in [0.29, 0.717) is 12.8 Å². The molecule has 286 valence electrons. The Morgan fingerprint density at radius 2 is 0.833 bits per heavy atom. The summed E-state index contributed by atoms with van der Waals surface area (Å²) < 4.78 is 11.7. The van der Waals surface area contributed by atoms with E-state index in [1.165, 1.54) is 70.6 Å². The molecule has 48 heavy (non-hydrogen) atoms. The highest BCUT2D eigenvalue weighted by molar-refractivity contribution is 5.69. The third-order valence-corrected chi connectivity index (χ3v) is 9.89. The molecule has 3 unspecified atom stereocenters. The van der Waals surface area contributed by atoms with E-state index in [0.717, 1.165) is 116 Å². The average molecular weight is 682 g/mol. The van der Waals surface area contributed by atoms with Gasteiger partial charge < -0.3 is 14.6 Å². The van der Waals surface area contributed by atoms with Gasteiger partial charge in [0.1, 0.15) is 12.2 Å². The number of rotatable bonds is 37. The molecule has 0 aromatic carbocycles. The van der Waals surface area contributed by atoms with Crippen molar-refractivity contribution >= 4 is 11.9 Å². The average Bonchev–Trinajstić information content (AvgIpc) is 3.07.